The van der Waals surface area contributed by atoms with Gasteiger partial charge in [0.05, 0.1) is 5.75 Å². The van der Waals surface area contributed by atoms with Crippen LogP contribution in [0.5, 0.6) is 0 Å². The molecule has 0 radical (unpaired) electrons. The van der Waals surface area contributed by atoms with Crippen LogP contribution in [0.2, 0.25) is 5.02 Å². The normalized spacial score (nSPS) is 14.3. The lowest BCUT2D eigenvalue weighted by Crippen LogP contribution is -2.49. The molecule has 4 rings (SSSR count). The Bertz CT molecular complexity index is 942. The van der Waals surface area contributed by atoms with Crippen LogP contribution < -0.4 is 4.90 Å². The molecule has 1 amide bonds. The summed E-state index contributed by atoms with van der Waals surface area (Å²) in [5, 5.41) is 9.20. The van der Waals surface area contributed by atoms with Crippen LogP contribution in [0.15, 0.2) is 64.2 Å². The number of benzene rings is 2. The SMILES string of the molecule is O=C(CSc1nnc(-c2ccccc2)o1)N1CCN(c2cccc(Cl)c2)CC1. The summed E-state index contributed by atoms with van der Waals surface area (Å²) in [4.78, 5) is 16.6. The Morgan fingerprint density at radius 2 is 1.82 bits per heavy atom. The first-order valence-corrected chi connectivity index (χ1v) is 10.4. The van der Waals surface area contributed by atoms with E-state index in [-0.39, 0.29) is 11.7 Å². The predicted octanol–water partition coefficient (Wildman–Crippen LogP) is 3.83. The second kappa shape index (κ2) is 8.67. The fraction of sp³-hybridized carbons (Fsp3) is 0.250. The first-order valence-electron chi connectivity index (χ1n) is 8.99. The number of nitrogens with zero attached hydrogens (tertiary/aromatic N) is 4. The predicted molar refractivity (Wildman–Crippen MR) is 111 cm³/mol. The first kappa shape index (κ1) is 18.8. The largest absolute Gasteiger partial charge is 0.411 e. The van der Waals surface area contributed by atoms with E-state index in [1.807, 2.05) is 59.5 Å². The van der Waals surface area contributed by atoms with E-state index in [0.29, 0.717) is 24.2 Å². The molecule has 6 nitrogen and oxygen atoms in total. The van der Waals surface area contributed by atoms with Crippen molar-refractivity contribution in [1.82, 2.24) is 15.1 Å². The Kier molecular flexibility index (Phi) is 5.83. The smallest absolute Gasteiger partial charge is 0.277 e. The van der Waals surface area contributed by atoms with Crippen molar-refractivity contribution in [1.29, 1.82) is 0 Å². The third-order valence-corrected chi connectivity index (χ3v) is 5.59. The summed E-state index contributed by atoms with van der Waals surface area (Å²) in [6.45, 7) is 2.95. The number of halogens is 1. The summed E-state index contributed by atoms with van der Waals surface area (Å²) < 4.78 is 5.64. The molecule has 2 aromatic carbocycles. The fourth-order valence-electron chi connectivity index (χ4n) is 3.07. The molecule has 1 saturated heterocycles. The zero-order chi connectivity index (χ0) is 19.3. The summed E-state index contributed by atoms with van der Waals surface area (Å²) in [5.41, 5.74) is 1.96. The highest BCUT2D eigenvalue weighted by atomic mass is 35.5. The minimum Gasteiger partial charge on any atom is -0.411 e. The summed E-state index contributed by atoms with van der Waals surface area (Å²) in [5.74, 6) is 0.828. The molecular weight excluding hydrogens is 396 g/mol. The lowest BCUT2D eigenvalue weighted by atomic mass is 10.2. The molecule has 144 valence electrons. The molecule has 1 aliphatic heterocycles. The van der Waals surface area contributed by atoms with Gasteiger partial charge in [-0.25, -0.2) is 0 Å². The Hall–Kier alpha value is -2.51. The Labute approximate surface area is 172 Å². The maximum Gasteiger partial charge on any atom is 0.277 e. The zero-order valence-corrected chi connectivity index (χ0v) is 16.7. The highest BCUT2D eigenvalue weighted by Crippen LogP contribution is 2.24. The van der Waals surface area contributed by atoms with Crippen LogP contribution in [-0.2, 0) is 4.79 Å². The number of hydrogen-bond donors (Lipinski definition) is 0. The van der Waals surface area contributed by atoms with Gasteiger partial charge >= 0.3 is 0 Å². The maximum atomic E-state index is 12.5. The van der Waals surface area contributed by atoms with Crippen molar-refractivity contribution in [2.24, 2.45) is 0 Å². The van der Waals surface area contributed by atoms with Crippen LogP contribution in [-0.4, -0.2) is 52.9 Å². The van der Waals surface area contributed by atoms with E-state index in [1.165, 1.54) is 11.8 Å². The standard InChI is InChI=1S/C20H19ClN4O2S/c21-16-7-4-8-17(13-16)24-9-11-25(12-10-24)18(26)14-28-20-23-22-19(27-20)15-5-2-1-3-6-15/h1-8,13H,9-12,14H2. The van der Waals surface area contributed by atoms with Gasteiger partial charge in [0.2, 0.25) is 11.8 Å². The molecular formula is C20H19ClN4O2S. The monoisotopic (exact) mass is 414 g/mol. The summed E-state index contributed by atoms with van der Waals surface area (Å²) in [6.07, 6.45) is 0. The van der Waals surface area contributed by atoms with E-state index >= 15 is 0 Å². The average Bonchev–Trinajstić information content (AvgIpc) is 3.22. The third-order valence-electron chi connectivity index (χ3n) is 4.55. The van der Waals surface area contributed by atoms with Gasteiger partial charge in [-0.3, -0.25) is 4.79 Å². The molecule has 1 aromatic heterocycles. The number of hydrogen-bond acceptors (Lipinski definition) is 6. The Morgan fingerprint density at radius 3 is 2.57 bits per heavy atom. The molecule has 28 heavy (non-hydrogen) atoms. The van der Waals surface area contributed by atoms with Crippen molar-refractivity contribution in [3.8, 4) is 11.5 Å². The van der Waals surface area contributed by atoms with Gasteiger partial charge in [0, 0.05) is 42.5 Å². The maximum absolute atomic E-state index is 12.5. The molecule has 8 heteroatoms. The van der Waals surface area contributed by atoms with E-state index in [1.54, 1.807) is 0 Å². The molecule has 0 unspecified atom stereocenters. The highest BCUT2D eigenvalue weighted by Gasteiger charge is 2.22. The van der Waals surface area contributed by atoms with Crippen molar-refractivity contribution in [2.75, 3.05) is 36.8 Å². The average molecular weight is 415 g/mol. The van der Waals surface area contributed by atoms with Crippen LogP contribution in [0.25, 0.3) is 11.5 Å². The molecule has 1 aliphatic rings. The number of carbonyl (C=O) groups is 1. The van der Waals surface area contributed by atoms with Gasteiger partial charge in [-0.15, -0.1) is 10.2 Å². The number of amides is 1. The Morgan fingerprint density at radius 1 is 1.04 bits per heavy atom. The van der Waals surface area contributed by atoms with Crippen LogP contribution in [0.3, 0.4) is 0 Å². The molecule has 0 saturated carbocycles. The molecule has 1 fully saturated rings. The zero-order valence-electron chi connectivity index (χ0n) is 15.1. The van der Waals surface area contributed by atoms with Gasteiger partial charge in [-0.2, -0.15) is 0 Å². The topological polar surface area (TPSA) is 62.5 Å². The van der Waals surface area contributed by atoms with E-state index in [0.717, 1.165) is 29.4 Å². The van der Waals surface area contributed by atoms with Crippen LogP contribution >= 0.6 is 23.4 Å². The van der Waals surface area contributed by atoms with Crippen LogP contribution in [0.4, 0.5) is 5.69 Å². The second-order valence-corrected chi connectivity index (χ2v) is 7.74. The van der Waals surface area contributed by atoms with E-state index < -0.39 is 0 Å². The number of aromatic nitrogens is 2. The minimum atomic E-state index is 0.0789. The molecule has 0 bridgehead atoms. The van der Waals surface area contributed by atoms with E-state index in [4.69, 9.17) is 16.0 Å². The second-order valence-electron chi connectivity index (χ2n) is 6.38. The van der Waals surface area contributed by atoms with Gasteiger partial charge in [0.15, 0.2) is 0 Å². The van der Waals surface area contributed by atoms with Gasteiger partial charge in [0.1, 0.15) is 0 Å². The molecule has 0 spiro atoms. The van der Waals surface area contributed by atoms with Crippen molar-refractivity contribution in [3.63, 3.8) is 0 Å². The van der Waals surface area contributed by atoms with Crippen molar-refractivity contribution in [3.05, 3.63) is 59.6 Å². The van der Waals surface area contributed by atoms with Crippen LogP contribution in [0, 0.1) is 0 Å². The molecule has 0 N–H and O–H groups in total. The van der Waals surface area contributed by atoms with Gasteiger partial charge in [-0.1, -0.05) is 47.6 Å². The number of rotatable bonds is 5. The van der Waals surface area contributed by atoms with Crippen molar-refractivity contribution >= 4 is 35.0 Å². The Balaban J connectivity index is 1.28. The highest BCUT2D eigenvalue weighted by molar-refractivity contribution is 7.99. The summed E-state index contributed by atoms with van der Waals surface area (Å²) in [6, 6.07) is 17.4. The lowest BCUT2D eigenvalue weighted by Gasteiger charge is -2.36. The number of piperazine rings is 1. The van der Waals surface area contributed by atoms with Crippen molar-refractivity contribution in [2.45, 2.75) is 5.22 Å². The molecule has 2 heterocycles. The van der Waals surface area contributed by atoms with Gasteiger partial charge in [-0.05, 0) is 30.3 Å². The quantitative estimate of drug-likeness (QED) is 0.591. The summed E-state index contributed by atoms with van der Waals surface area (Å²) >= 11 is 7.34. The first-order chi connectivity index (χ1) is 13.7. The van der Waals surface area contributed by atoms with E-state index in [9.17, 15) is 4.79 Å². The number of carbonyl (C=O) groups excluding carboxylic acids is 1. The van der Waals surface area contributed by atoms with E-state index in [2.05, 4.69) is 15.1 Å². The molecule has 0 aliphatic carbocycles. The summed E-state index contributed by atoms with van der Waals surface area (Å²) in [7, 11) is 0. The van der Waals surface area contributed by atoms with Gasteiger partial charge < -0.3 is 14.2 Å². The minimum absolute atomic E-state index is 0.0789. The van der Waals surface area contributed by atoms with Crippen LogP contribution in [0.1, 0.15) is 0 Å². The third kappa shape index (κ3) is 4.48. The van der Waals surface area contributed by atoms with Gasteiger partial charge in [0.25, 0.3) is 5.22 Å². The number of thioether (sulfide) groups is 1. The fourth-order valence-corrected chi connectivity index (χ4v) is 3.92. The molecule has 0 atom stereocenters. The van der Waals surface area contributed by atoms with Crippen molar-refractivity contribution < 1.29 is 9.21 Å². The molecule has 3 aromatic rings. The number of anilines is 1. The lowest BCUT2D eigenvalue weighted by molar-refractivity contribution is -0.128.